The fourth-order valence-electron chi connectivity index (χ4n) is 0.222. The molecule has 0 aliphatic rings. The molecular formula is C4H12O3P2. The van der Waals surface area contributed by atoms with Gasteiger partial charge in [0.15, 0.2) is 0 Å². The van der Waals surface area contributed by atoms with Gasteiger partial charge < -0.3 is 14.0 Å². The number of hydrogen-bond acceptors (Lipinski definition) is 3. The molecule has 3 nitrogen and oxygen atoms in total. The van der Waals surface area contributed by atoms with Crippen LogP contribution in [0.2, 0.25) is 0 Å². The predicted molar refractivity (Wildman–Crippen MR) is 41.5 cm³/mol. The van der Waals surface area contributed by atoms with Gasteiger partial charge in [-0.2, -0.15) is 0 Å². The van der Waals surface area contributed by atoms with Crippen molar-refractivity contribution >= 4 is 16.7 Å². The maximum Gasteiger partial charge on any atom is 0.150 e. The summed E-state index contributed by atoms with van der Waals surface area (Å²) in [5.74, 6) is 0. The van der Waals surface area contributed by atoms with Gasteiger partial charge in [0.2, 0.25) is 0 Å². The number of rotatable bonds is 6. The topological polar surface area (TPSA) is 27.7 Å². The average Bonchev–Trinajstić information content (AvgIpc) is 1.89. The van der Waals surface area contributed by atoms with E-state index in [1.807, 2.05) is 0 Å². The summed E-state index contributed by atoms with van der Waals surface area (Å²) in [5, 5.41) is 0. The first-order chi connectivity index (χ1) is 4.81. The Bertz CT molecular complexity index is 75.5. The summed E-state index contributed by atoms with van der Waals surface area (Å²) in [7, 11) is 2.51. The smallest absolute Gasteiger partial charge is 0.150 e. The highest BCUT2D eigenvalue weighted by atomic mass is 32.0. The number of methoxy groups -OCH3 is 2. The van der Waals surface area contributed by atoms with Crippen LogP contribution in [0, 0.1) is 0 Å². The van der Waals surface area contributed by atoms with Gasteiger partial charge in [-0.05, 0) is 8.21 Å². The molecule has 0 radical (unpaired) electrons. The minimum absolute atomic E-state index is 0.201. The molecule has 0 spiro atoms. The Labute approximate surface area is 60.3 Å². The first-order valence-corrected chi connectivity index (χ1v) is 5.26. The van der Waals surface area contributed by atoms with Gasteiger partial charge in [-0.25, -0.2) is 0 Å². The van der Waals surface area contributed by atoms with Gasteiger partial charge in [0, 0.05) is 22.7 Å². The van der Waals surface area contributed by atoms with E-state index in [-0.39, 0.29) is 15.3 Å². The SMILES string of the molecule is [2H]P(COC)POCOC. The molecule has 5 heteroatoms. The van der Waals surface area contributed by atoms with Crippen LogP contribution in [0.1, 0.15) is 0 Å². The predicted octanol–water partition coefficient (Wildman–Crippen LogP) is 1.40. The van der Waals surface area contributed by atoms with E-state index in [0.717, 1.165) is 0 Å². The molecule has 9 heavy (non-hydrogen) atoms. The Kier molecular flexibility index (Phi) is 7.62. The molecule has 0 aliphatic carbocycles. The second-order valence-corrected chi connectivity index (χ2v) is 3.76. The molecule has 0 aliphatic heterocycles. The third kappa shape index (κ3) is 8.74. The summed E-state index contributed by atoms with van der Waals surface area (Å²) < 4.78 is 21.7. The van der Waals surface area contributed by atoms with E-state index in [2.05, 4.69) is 4.74 Å². The van der Waals surface area contributed by atoms with Crippen molar-refractivity contribution in [3.63, 3.8) is 0 Å². The van der Waals surface area contributed by atoms with Crippen molar-refractivity contribution < 1.29 is 14.0 Å². The summed E-state index contributed by atoms with van der Waals surface area (Å²) in [6.07, 6.45) is 0.484. The third-order valence-corrected chi connectivity index (χ3v) is 2.42. The van der Waals surface area contributed by atoms with Crippen LogP contribution in [-0.2, 0) is 14.0 Å². The van der Waals surface area contributed by atoms with E-state index in [1.54, 1.807) is 14.2 Å². The van der Waals surface area contributed by atoms with Gasteiger partial charge in [0.05, 0.1) is 7.63 Å². The average molecular weight is 171 g/mol. The van der Waals surface area contributed by atoms with Crippen LogP contribution in [0.15, 0.2) is 0 Å². The van der Waals surface area contributed by atoms with Crippen LogP contribution < -0.4 is 0 Å². The lowest BCUT2D eigenvalue weighted by Gasteiger charge is -2.00. The summed E-state index contributed by atoms with van der Waals surface area (Å²) in [6, 6.07) is 0. The highest BCUT2D eigenvalue weighted by Crippen LogP contribution is 2.36. The van der Waals surface area contributed by atoms with Crippen molar-refractivity contribution in [1.82, 2.24) is 0 Å². The monoisotopic (exact) mass is 171 g/mol. The van der Waals surface area contributed by atoms with Crippen molar-refractivity contribution in [1.29, 1.82) is 1.28 Å². The molecule has 0 N–H and O–H groups in total. The van der Waals surface area contributed by atoms with Crippen LogP contribution in [0.4, 0.5) is 0 Å². The molecule has 0 aromatic carbocycles. The summed E-state index contributed by atoms with van der Waals surface area (Å²) in [6.45, 7) is 0.278. The van der Waals surface area contributed by atoms with E-state index in [4.69, 9.17) is 10.5 Å². The molecule has 0 aromatic rings. The van der Waals surface area contributed by atoms with E-state index in [9.17, 15) is 0 Å². The molecule has 0 saturated heterocycles. The molecule has 0 bridgehead atoms. The van der Waals surface area contributed by atoms with Crippen LogP contribution in [0.3, 0.4) is 0 Å². The van der Waals surface area contributed by atoms with Gasteiger partial charge >= 0.3 is 0 Å². The van der Waals surface area contributed by atoms with E-state index in [0.29, 0.717) is 6.35 Å². The van der Waals surface area contributed by atoms with E-state index < -0.39 is 8.21 Å². The van der Waals surface area contributed by atoms with Crippen LogP contribution in [-0.4, -0.2) is 28.6 Å². The molecule has 2 unspecified atom stereocenters. The van der Waals surface area contributed by atoms with E-state index >= 15 is 0 Å². The Morgan fingerprint density at radius 3 is 2.78 bits per heavy atom. The number of ether oxygens (including phenoxy) is 2. The highest BCUT2D eigenvalue weighted by Gasteiger charge is 1.84. The molecule has 2 atom stereocenters. The Morgan fingerprint density at radius 1 is 1.44 bits per heavy atom. The van der Waals surface area contributed by atoms with Crippen LogP contribution in [0.5, 0.6) is 0 Å². The fraction of sp³-hybridized carbons (Fsp3) is 1.00. The summed E-state index contributed by atoms with van der Waals surface area (Å²) in [5.41, 5.74) is 0. The van der Waals surface area contributed by atoms with Crippen molar-refractivity contribution in [3.8, 4) is 0 Å². The van der Waals surface area contributed by atoms with Crippen molar-refractivity contribution in [2.45, 2.75) is 0 Å². The van der Waals surface area contributed by atoms with Gasteiger partial charge in [-0.15, -0.1) is 0 Å². The lowest BCUT2D eigenvalue weighted by atomic mass is 11.4. The largest absolute Gasteiger partial charge is 0.380 e. The lowest BCUT2D eigenvalue weighted by molar-refractivity contribution is 0.0649. The van der Waals surface area contributed by atoms with E-state index in [1.165, 1.54) is 0 Å². The first kappa shape index (κ1) is 7.84. The first-order valence-electron chi connectivity index (χ1n) is 2.87. The molecular weight excluding hydrogens is 158 g/mol. The molecule has 0 aromatic heterocycles. The van der Waals surface area contributed by atoms with Gasteiger partial charge in [-0.1, -0.05) is 0 Å². The zero-order valence-electron chi connectivity index (χ0n) is 6.59. The van der Waals surface area contributed by atoms with Crippen molar-refractivity contribution in [3.05, 3.63) is 0 Å². The molecule has 0 amide bonds. The minimum atomic E-state index is -0.839. The lowest BCUT2D eigenvalue weighted by Crippen LogP contribution is -1.84. The van der Waals surface area contributed by atoms with Gasteiger partial charge in [0.1, 0.15) is 6.79 Å². The Balaban J connectivity index is 2.97. The third-order valence-electron chi connectivity index (χ3n) is 0.500. The molecule has 56 valence electrons. The zero-order valence-corrected chi connectivity index (χ0v) is 7.48. The standard InChI is InChI=1S/C4H12O3P2/c1-5-3-7-9-8-4-6-2/h8-9H,3-4H2,1-2H3/i8D. The molecule has 0 heterocycles. The van der Waals surface area contributed by atoms with Crippen LogP contribution >= 0.6 is 16.7 Å². The van der Waals surface area contributed by atoms with Gasteiger partial charge in [0.25, 0.3) is 0 Å². The maximum atomic E-state index is 7.32. The summed E-state index contributed by atoms with van der Waals surface area (Å²) >= 11 is 0. The van der Waals surface area contributed by atoms with Crippen molar-refractivity contribution in [2.75, 3.05) is 27.4 Å². The second-order valence-electron chi connectivity index (χ2n) is 1.22. The second kappa shape index (κ2) is 8.74. The normalized spacial score (nSPS) is 16.4. The Hall–Kier alpha value is 0.740. The van der Waals surface area contributed by atoms with Gasteiger partial charge in [-0.3, -0.25) is 0 Å². The quantitative estimate of drug-likeness (QED) is 0.343. The Morgan fingerprint density at radius 2 is 2.22 bits per heavy atom. The van der Waals surface area contributed by atoms with Crippen molar-refractivity contribution in [2.24, 2.45) is 0 Å². The molecule has 0 saturated carbocycles. The fourth-order valence-corrected chi connectivity index (χ4v) is 1.64. The molecule has 0 fully saturated rings. The highest BCUT2D eigenvalue weighted by molar-refractivity contribution is 8.09. The summed E-state index contributed by atoms with van der Waals surface area (Å²) in [4.78, 5) is 0. The minimum Gasteiger partial charge on any atom is -0.380 e. The number of hydrogen-bond donors (Lipinski definition) is 0. The van der Waals surface area contributed by atoms with Crippen LogP contribution in [0.25, 0.3) is 0 Å². The maximum absolute atomic E-state index is 7.32. The zero-order chi connectivity index (χ0) is 7.82. The molecule has 0 rings (SSSR count).